The van der Waals surface area contributed by atoms with Gasteiger partial charge in [-0.15, -0.1) is 0 Å². The van der Waals surface area contributed by atoms with Gasteiger partial charge in [0.2, 0.25) is 0 Å². The molecule has 2 nitrogen and oxygen atoms in total. The maximum Gasteiger partial charge on any atom is 0.122 e. The van der Waals surface area contributed by atoms with Gasteiger partial charge in [0, 0.05) is 0 Å². The number of benzene rings is 1. The summed E-state index contributed by atoms with van der Waals surface area (Å²) < 4.78 is 11.2. The van der Waals surface area contributed by atoms with E-state index in [0.29, 0.717) is 18.8 Å². The number of fused-ring (bicyclic) bond motifs is 1. The molecule has 1 aromatic carbocycles. The molecule has 2 heteroatoms. The first kappa shape index (κ1) is 10.2. The molecule has 0 aromatic heterocycles. The Morgan fingerprint density at radius 2 is 2.12 bits per heavy atom. The summed E-state index contributed by atoms with van der Waals surface area (Å²) in [6.45, 7) is 2.80. The summed E-state index contributed by atoms with van der Waals surface area (Å²) in [5.74, 6) is 1.08. The zero-order valence-corrected chi connectivity index (χ0v) is 9.74. The average molecular weight is 218 g/mol. The van der Waals surface area contributed by atoms with Crippen LogP contribution < -0.4 is 4.74 Å². The highest BCUT2D eigenvalue weighted by molar-refractivity contribution is 5.41. The van der Waals surface area contributed by atoms with Crippen LogP contribution in [0.25, 0.3) is 0 Å². The minimum atomic E-state index is 0.319. The monoisotopic (exact) mass is 218 g/mol. The molecule has 1 aliphatic carbocycles. The smallest absolute Gasteiger partial charge is 0.122 e. The van der Waals surface area contributed by atoms with Gasteiger partial charge < -0.3 is 9.47 Å². The number of aryl methyl sites for hydroxylation is 1. The van der Waals surface area contributed by atoms with Gasteiger partial charge in [0.25, 0.3) is 0 Å². The third kappa shape index (κ3) is 1.94. The summed E-state index contributed by atoms with van der Waals surface area (Å²) in [5.41, 5.74) is 2.91. The van der Waals surface area contributed by atoms with Crippen LogP contribution in [0.2, 0.25) is 0 Å². The molecule has 1 fully saturated rings. The molecule has 1 aromatic rings. The number of hydrogen-bond acceptors (Lipinski definition) is 2. The highest BCUT2D eigenvalue weighted by Gasteiger charge is 2.34. The number of ether oxygens (including phenoxy) is 2. The second kappa shape index (κ2) is 4.10. The Bertz CT molecular complexity index is 386. The van der Waals surface area contributed by atoms with Crippen LogP contribution in [0.5, 0.6) is 5.75 Å². The Balaban J connectivity index is 1.73. The summed E-state index contributed by atoms with van der Waals surface area (Å²) in [6, 6.07) is 6.44. The normalized spacial score (nSPS) is 27.3. The van der Waals surface area contributed by atoms with Crippen LogP contribution >= 0.6 is 0 Å². The van der Waals surface area contributed by atoms with E-state index < -0.39 is 0 Å². The van der Waals surface area contributed by atoms with Crippen molar-refractivity contribution in [1.82, 2.24) is 0 Å². The van der Waals surface area contributed by atoms with Crippen LogP contribution in [0, 0.1) is 0 Å². The Kier molecular flexibility index (Phi) is 2.60. The van der Waals surface area contributed by atoms with Crippen LogP contribution in [-0.2, 0) is 17.6 Å². The van der Waals surface area contributed by atoms with Crippen molar-refractivity contribution in [2.45, 2.75) is 44.8 Å². The maximum atomic E-state index is 5.87. The lowest BCUT2D eigenvalue weighted by atomic mass is 9.91. The molecule has 1 saturated heterocycles. The first-order valence-corrected chi connectivity index (χ1v) is 6.23. The fraction of sp³-hybridized carbons (Fsp3) is 0.571. The molecule has 1 heterocycles. The molecule has 0 N–H and O–H groups in total. The zero-order valence-electron chi connectivity index (χ0n) is 9.74. The van der Waals surface area contributed by atoms with Crippen molar-refractivity contribution in [3.63, 3.8) is 0 Å². The summed E-state index contributed by atoms with van der Waals surface area (Å²) in [5, 5.41) is 0. The standard InChI is InChI=1S/C14H18O2/c1-10-14(16-10)9-15-13-8-4-6-11-5-2-3-7-12(11)13/h4,6,8,10,14H,2-3,5,7,9H2,1H3. The van der Waals surface area contributed by atoms with Gasteiger partial charge in [-0.25, -0.2) is 0 Å². The van der Waals surface area contributed by atoms with Crippen molar-refractivity contribution >= 4 is 0 Å². The van der Waals surface area contributed by atoms with E-state index >= 15 is 0 Å². The minimum absolute atomic E-state index is 0.319. The van der Waals surface area contributed by atoms with Crippen molar-refractivity contribution < 1.29 is 9.47 Å². The molecule has 2 unspecified atom stereocenters. The minimum Gasteiger partial charge on any atom is -0.490 e. The SMILES string of the molecule is CC1OC1COc1cccc2c1CCCC2. The van der Waals surface area contributed by atoms with E-state index in [-0.39, 0.29) is 0 Å². The molecule has 0 saturated carbocycles. The quantitative estimate of drug-likeness (QED) is 0.728. The molecule has 3 rings (SSSR count). The van der Waals surface area contributed by atoms with E-state index in [2.05, 4.69) is 25.1 Å². The van der Waals surface area contributed by atoms with Crippen molar-refractivity contribution in [1.29, 1.82) is 0 Å². The van der Waals surface area contributed by atoms with Crippen LogP contribution in [0.15, 0.2) is 18.2 Å². The molecule has 86 valence electrons. The maximum absolute atomic E-state index is 5.87. The second-order valence-electron chi connectivity index (χ2n) is 4.79. The molecule has 1 aliphatic heterocycles. The highest BCUT2D eigenvalue weighted by atomic mass is 16.6. The van der Waals surface area contributed by atoms with Crippen LogP contribution in [0.3, 0.4) is 0 Å². The van der Waals surface area contributed by atoms with E-state index in [1.807, 2.05) is 0 Å². The third-order valence-electron chi connectivity index (χ3n) is 3.59. The molecule has 2 atom stereocenters. The lowest BCUT2D eigenvalue weighted by molar-refractivity contribution is 0.258. The molecule has 2 aliphatic rings. The fourth-order valence-electron chi connectivity index (χ4n) is 2.46. The lowest BCUT2D eigenvalue weighted by Crippen LogP contribution is -2.10. The first-order chi connectivity index (χ1) is 7.84. The van der Waals surface area contributed by atoms with Crippen molar-refractivity contribution in [2.24, 2.45) is 0 Å². The van der Waals surface area contributed by atoms with Crippen molar-refractivity contribution in [3.8, 4) is 5.75 Å². The van der Waals surface area contributed by atoms with E-state index in [1.54, 1.807) is 0 Å². The number of epoxide rings is 1. The topological polar surface area (TPSA) is 21.8 Å². The summed E-state index contributed by atoms with van der Waals surface area (Å²) >= 11 is 0. The highest BCUT2D eigenvalue weighted by Crippen LogP contribution is 2.30. The van der Waals surface area contributed by atoms with Crippen LogP contribution in [-0.4, -0.2) is 18.8 Å². The molecule has 0 spiro atoms. The molecular weight excluding hydrogens is 200 g/mol. The third-order valence-corrected chi connectivity index (χ3v) is 3.59. The van der Waals surface area contributed by atoms with E-state index in [9.17, 15) is 0 Å². The van der Waals surface area contributed by atoms with Gasteiger partial charge in [-0.3, -0.25) is 0 Å². The van der Waals surface area contributed by atoms with E-state index in [1.165, 1.54) is 36.8 Å². The second-order valence-corrected chi connectivity index (χ2v) is 4.79. The summed E-state index contributed by atoms with van der Waals surface area (Å²) in [4.78, 5) is 0. The van der Waals surface area contributed by atoms with Crippen molar-refractivity contribution in [3.05, 3.63) is 29.3 Å². The van der Waals surface area contributed by atoms with Gasteiger partial charge >= 0.3 is 0 Å². The van der Waals surface area contributed by atoms with Gasteiger partial charge in [0.1, 0.15) is 18.5 Å². The fourth-order valence-corrected chi connectivity index (χ4v) is 2.46. The summed E-state index contributed by atoms with van der Waals surface area (Å²) in [7, 11) is 0. The molecule has 0 bridgehead atoms. The molecule has 0 radical (unpaired) electrons. The predicted molar refractivity (Wildman–Crippen MR) is 62.9 cm³/mol. The summed E-state index contributed by atoms with van der Waals surface area (Å²) in [6.07, 6.45) is 5.71. The molecular formula is C14H18O2. The number of rotatable bonds is 3. The molecule has 16 heavy (non-hydrogen) atoms. The van der Waals surface area contributed by atoms with Gasteiger partial charge in [0.15, 0.2) is 0 Å². The van der Waals surface area contributed by atoms with E-state index in [4.69, 9.17) is 9.47 Å². The lowest BCUT2D eigenvalue weighted by Gasteiger charge is -2.19. The Morgan fingerprint density at radius 3 is 2.94 bits per heavy atom. The van der Waals surface area contributed by atoms with E-state index in [0.717, 1.165) is 5.75 Å². The first-order valence-electron chi connectivity index (χ1n) is 6.23. The van der Waals surface area contributed by atoms with Crippen LogP contribution in [0.4, 0.5) is 0 Å². The Hall–Kier alpha value is -1.02. The van der Waals surface area contributed by atoms with Gasteiger partial charge in [-0.05, 0) is 49.8 Å². The number of hydrogen-bond donors (Lipinski definition) is 0. The zero-order chi connectivity index (χ0) is 11.0. The van der Waals surface area contributed by atoms with Gasteiger partial charge in [-0.2, -0.15) is 0 Å². The molecule has 0 amide bonds. The average Bonchev–Trinajstić information content (AvgIpc) is 3.03. The Labute approximate surface area is 96.6 Å². The largest absolute Gasteiger partial charge is 0.490 e. The van der Waals surface area contributed by atoms with Crippen molar-refractivity contribution in [2.75, 3.05) is 6.61 Å². The predicted octanol–water partition coefficient (Wildman–Crippen LogP) is 2.73. The van der Waals surface area contributed by atoms with Crippen LogP contribution in [0.1, 0.15) is 30.9 Å². The Morgan fingerprint density at radius 1 is 1.31 bits per heavy atom. The van der Waals surface area contributed by atoms with Gasteiger partial charge in [0.05, 0.1) is 6.10 Å². The van der Waals surface area contributed by atoms with Gasteiger partial charge in [-0.1, -0.05) is 12.1 Å².